The van der Waals surface area contributed by atoms with Crippen LogP contribution in [0.5, 0.6) is 0 Å². The summed E-state index contributed by atoms with van der Waals surface area (Å²) in [5.74, 6) is -0.172. The number of likely N-dealkylation sites (N-methyl/N-ethyl adjacent to an activating group) is 1. The largest absolute Gasteiger partial charge is 0.691 e. The van der Waals surface area contributed by atoms with E-state index in [0.29, 0.717) is 36.3 Å². The molecule has 5 rings (SSSR count). The van der Waals surface area contributed by atoms with Gasteiger partial charge in [-0.15, -0.1) is 0 Å². The molecule has 3 aliphatic rings. The van der Waals surface area contributed by atoms with E-state index < -0.39 is 28.5 Å². The zero-order valence-corrected chi connectivity index (χ0v) is 38.6. The number of allylic oxidation sites excluding steroid dienone is 7. The summed E-state index contributed by atoms with van der Waals surface area (Å²) in [7, 11) is 4.55. The maximum absolute atomic E-state index is 13.8. The first-order chi connectivity index (χ1) is 28.9. The number of amides is 1. The zero-order chi connectivity index (χ0) is 44.7. The van der Waals surface area contributed by atoms with Crippen molar-refractivity contribution in [1.29, 1.82) is 0 Å². The third-order valence-electron chi connectivity index (χ3n) is 11.7. The lowest BCUT2D eigenvalue weighted by molar-refractivity contribution is -0.777. The van der Waals surface area contributed by atoms with Gasteiger partial charge in [-0.2, -0.15) is 8.91 Å². The molecule has 0 saturated heterocycles. The molecule has 0 atom stereocenters. The predicted octanol–water partition coefficient (Wildman–Crippen LogP) is 9.56. The molecule has 330 valence electrons. The summed E-state index contributed by atoms with van der Waals surface area (Å²) in [6, 6.07) is 11.5. The van der Waals surface area contributed by atoms with Crippen LogP contribution in [0.25, 0.3) is 0 Å². The lowest BCUT2D eigenvalue weighted by Crippen LogP contribution is -2.34. The molecule has 61 heavy (non-hydrogen) atoms. The highest BCUT2D eigenvalue weighted by molar-refractivity contribution is 7.94. The fourth-order valence-corrected chi connectivity index (χ4v) is 9.00. The second-order valence-electron chi connectivity index (χ2n) is 17.7. The first kappa shape index (κ1) is 47.4. The summed E-state index contributed by atoms with van der Waals surface area (Å²) < 4.78 is 22.9. The Morgan fingerprint density at radius 2 is 1.56 bits per heavy atom. The van der Waals surface area contributed by atoms with Gasteiger partial charge in [0.05, 0.1) is 36.5 Å². The average Bonchev–Trinajstić information content (AvgIpc) is 3.79. The summed E-state index contributed by atoms with van der Waals surface area (Å²) in [6.07, 6.45) is 14.4. The number of unbranched alkanes of at least 4 members (excludes halogenated alkanes) is 3. The minimum Gasteiger partial charge on any atom is -0.691 e. The summed E-state index contributed by atoms with van der Waals surface area (Å²) in [5, 5.41) is 13.8. The number of carbonyl (C=O) groups is 3. The van der Waals surface area contributed by atoms with Crippen molar-refractivity contribution in [1.82, 2.24) is 4.90 Å². The third kappa shape index (κ3) is 10.5. The van der Waals surface area contributed by atoms with E-state index in [-0.39, 0.29) is 5.97 Å². The van der Waals surface area contributed by atoms with Crippen LogP contribution in [-0.2, 0) is 34.4 Å². The Hall–Kier alpha value is -4.69. The number of hydrogen-bond acceptors (Lipinski definition) is 11. The van der Waals surface area contributed by atoms with Crippen LogP contribution in [0, 0.1) is 0 Å². The van der Waals surface area contributed by atoms with Gasteiger partial charge in [-0.1, -0.05) is 39.3 Å². The number of esters is 2. The van der Waals surface area contributed by atoms with Crippen molar-refractivity contribution >= 4 is 47.2 Å². The van der Waals surface area contributed by atoms with Crippen LogP contribution in [-0.4, -0.2) is 78.9 Å². The number of fused-ring (bicyclic) bond motifs is 2. The molecule has 0 N–H and O–H groups in total. The molecule has 0 fully saturated rings. The molecule has 0 aromatic heterocycles. The topological polar surface area (TPSA) is 130 Å². The first-order valence-corrected chi connectivity index (χ1v) is 22.1. The number of hydrogen-bond donors (Lipinski definition) is 0. The minimum absolute atomic E-state index is 0.365. The third-order valence-corrected chi connectivity index (χ3v) is 12.3. The lowest BCUT2D eigenvalue weighted by atomic mass is 9.80. The van der Waals surface area contributed by atoms with Crippen LogP contribution in [0.1, 0.15) is 132 Å². The quantitative estimate of drug-likeness (QED) is 0.0287. The summed E-state index contributed by atoms with van der Waals surface area (Å²) in [5.41, 5.74) is 8.53. The molecule has 0 radical (unpaired) electrons. The monoisotopic (exact) mass is 857 g/mol. The highest BCUT2D eigenvalue weighted by Crippen LogP contribution is 2.49. The van der Waals surface area contributed by atoms with Crippen molar-refractivity contribution in [2.75, 3.05) is 45.0 Å². The van der Waals surface area contributed by atoms with E-state index in [2.05, 4.69) is 77.8 Å². The highest BCUT2D eigenvalue weighted by atomic mass is 32.2. The van der Waals surface area contributed by atoms with Crippen LogP contribution < -0.4 is 10.2 Å². The summed E-state index contributed by atoms with van der Waals surface area (Å²) >= 11 is 0.978. The number of carbonyl (C=O) groups excluding carboxylic acids is 3. The molecule has 13 heteroatoms. The molecule has 2 aliphatic heterocycles. The summed E-state index contributed by atoms with van der Waals surface area (Å²) in [4.78, 5) is 43.0. The minimum atomic E-state index is -0.695. The second kappa shape index (κ2) is 20.0. The van der Waals surface area contributed by atoms with E-state index in [0.717, 1.165) is 101 Å². The van der Waals surface area contributed by atoms with Crippen molar-refractivity contribution in [2.45, 2.75) is 117 Å². The van der Waals surface area contributed by atoms with Crippen molar-refractivity contribution < 1.29 is 47.8 Å². The number of rotatable bonds is 17. The number of anilines is 1. The molecular formula is C48H63N3O9S. The fraction of sp³-hybridized carbons (Fsp3) is 0.500. The number of benzene rings is 2. The standard InChI is InChI=1S/C48H63N3O9S/c1-12-13-14-27-50-38-23-19-34(43(52)56-10)30-36(38)47(5,6)40(50)25-21-32-17-18-33(42(32)49(9)45(54)58-46(2,3)4)22-26-41-48(7,8)37-31-35(44(53)57-11)20-24-39(37)51(41)28-15-16-29-61-60-59-55/h19-26,30-31H,12-18,27-29H2,1-11H3. The second-order valence-corrected chi connectivity index (χ2v) is 18.5. The van der Waals surface area contributed by atoms with Crippen molar-refractivity contribution in [3.8, 4) is 0 Å². The van der Waals surface area contributed by atoms with Gasteiger partial charge in [0.25, 0.3) is 0 Å². The first-order valence-electron chi connectivity index (χ1n) is 21.2. The van der Waals surface area contributed by atoms with Gasteiger partial charge < -0.3 is 24.4 Å². The van der Waals surface area contributed by atoms with Crippen LogP contribution in [0.4, 0.5) is 16.2 Å². The van der Waals surface area contributed by atoms with E-state index in [1.165, 1.54) is 14.2 Å². The van der Waals surface area contributed by atoms with Gasteiger partial charge >= 0.3 is 18.0 Å². The van der Waals surface area contributed by atoms with Gasteiger partial charge in [-0.3, -0.25) is 9.94 Å². The Morgan fingerprint density at radius 1 is 0.885 bits per heavy atom. The van der Waals surface area contributed by atoms with E-state index in [1.807, 2.05) is 51.1 Å². The van der Waals surface area contributed by atoms with Gasteiger partial charge in [-0.25, -0.2) is 14.4 Å². The average molecular weight is 858 g/mol. The van der Waals surface area contributed by atoms with Gasteiger partial charge in [0.2, 0.25) is 5.69 Å². The molecule has 2 heterocycles. The van der Waals surface area contributed by atoms with E-state index in [9.17, 15) is 19.6 Å². The van der Waals surface area contributed by atoms with Gasteiger partial charge in [0.1, 0.15) is 12.1 Å². The Morgan fingerprint density at radius 3 is 2.20 bits per heavy atom. The number of nitrogens with zero attached hydrogens (tertiary/aromatic N) is 3. The maximum atomic E-state index is 13.8. The molecule has 0 saturated carbocycles. The molecular weight excluding hydrogens is 795 g/mol. The van der Waals surface area contributed by atoms with Crippen LogP contribution in [0.15, 0.2) is 83.2 Å². The molecule has 0 bridgehead atoms. The molecule has 2 aromatic rings. The van der Waals surface area contributed by atoms with Gasteiger partial charge in [-0.05, 0) is 120 Å². The zero-order valence-electron chi connectivity index (χ0n) is 37.8. The van der Waals surface area contributed by atoms with Crippen LogP contribution >= 0.6 is 12.0 Å². The molecule has 1 amide bonds. The van der Waals surface area contributed by atoms with Gasteiger partial charge in [0.15, 0.2) is 5.71 Å². The molecule has 12 nitrogen and oxygen atoms in total. The molecule has 0 spiro atoms. The lowest BCUT2D eigenvalue weighted by Gasteiger charge is -2.28. The number of ether oxygens (including phenoxy) is 3. The van der Waals surface area contributed by atoms with Crippen LogP contribution in [0.2, 0.25) is 0 Å². The van der Waals surface area contributed by atoms with E-state index >= 15 is 0 Å². The molecule has 1 aliphatic carbocycles. The normalized spacial score (nSPS) is 18.1. The van der Waals surface area contributed by atoms with E-state index in [1.54, 1.807) is 18.0 Å². The SMILES string of the molecule is CCCCC[N+]1=C(C=CC2=C(N(C)C(=O)OC(C)(C)C)C(=CC=C3N(CCCCSOO[O-])c4ccc(C(=O)OC)cc4C3(C)C)CC2)C(C)(C)c2cc(C(=O)OC)ccc21. The fourth-order valence-electron chi connectivity index (χ4n) is 8.58. The van der Waals surface area contributed by atoms with E-state index in [4.69, 9.17) is 14.2 Å². The van der Waals surface area contributed by atoms with Crippen LogP contribution in [0.3, 0.4) is 0 Å². The highest BCUT2D eigenvalue weighted by Gasteiger charge is 2.45. The van der Waals surface area contributed by atoms with Crippen molar-refractivity contribution in [2.24, 2.45) is 0 Å². The maximum Gasteiger partial charge on any atom is 0.414 e. The summed E-state index contributed by atoms with van der Waals surface area (Å²) in [6.45, 7) is 18.0. The van der Waals surface area contributed by atoms with Crippen molar-refractivity contribution in [3.05, 3.63) is 105 Å². The van der Waals surface area contributed by atoms with Crippen molar-refractivity contribution in [3.63, 3.8) is 0 Å². The predicted molar refractivity (Wildman–Crippen MR) is 238 cm³/mol. The Kier molecular flexibility index (Phi) is 15.5. The van der Waals surface area contributed by atoms with Gasteiger partial charge in [0, 0.05) is 72.3 Å². The Labute approximate surface area is 366 Å². The smallest absolute Gasteiger partial charge is 0.414 e. The Balaban J connectivity index is 1.60. The molecule has 0 unspecified atom stereocenters. The number of methoxy groups -OCH3 is 2. The molecule has 2 aromatic carbocycles. The Bertz CT molecular complexity index is 2140.